The number of aliphatic hydroxyl groups excluding tert-OH is 1. The molecule has 0 unspecified atom stereocenters. The highest BCUT2D eigenvalue weighted by Gasteiger charge is 2.71. The zero-order valence-corrected chi connectivity index (χ0v) is 36.1. The van der Waals surface area contributed by atoms with E-state index in [0.717, 1.165) is 83.6 Å². The Morgan fingerprint density at radius 2 is 1.41 bits per heavy atom. The molecule has 5 aliphatic carbocycles. The van der Waals surface area contributed by atoms with Crippen LogP contribution in [0.25, 0.3) is 0 Å². The fraction of sp³-hybridized carbons (Fsp3) is 0.891. The third-order valence-electron chi connectivity index (χ3n) is 16.8. The van der Waals surface area contributed by atoms with Gasteiger partial charge in [0, 0.05) is 13.1 Å². The van der Waals surface area contributed by atoms with E-state index in [4.69, 9.17) is 4.74 Å². The molecule has 8 heteroatoms. The number of aliphatic hydroxyl groups is 1. The van der Waals surface area contributed by atoms with Crippen molar-refractivity contribution in [1.82, 2.24) is 16.0 Å². The first-order valence-electron chi connectivity index (χ1n) is 22.0. The standard InChI is InChI=1S/C46H79N3O5/c1-30(2)32-20-25-46(39(52)48-29-17-15-13-12-14-16-28-47-38(51)31(3)49-40(53)54-41(4,5)6)27-26-44(10)33(37(32)46)18-19-35-43(9)23-22-36(50)42(7,8)34(43)21-24-45(35,44)11/h31-37,50H,1,12-29H2,2-11H3,(H,47,51)(H,48,52)(H,49,53)/t31-,32-,33+,34-,35+,36-,37+,43-,44+,45+,46-/m0/s1. The van der Waals surface area contributed by atoms with E-state index in [-0.39, 0.29) is 39.1 Å². The molecule has 0 heterocycles. The molecule has 5 saturated carbocycles. The maximum absolute atomic E-state index is 14.5. The molecule has 54 heavy (non-hydrogen) atoms. The molecular weight excluding hydrogens is 675 g/mol. The van der Waals surface area contributed by atoms with Gasteiger partial charge in [-0.05, 0) is 163 Å². The number of carbonyl (C=O) groups is 3. The molecule has 0 aromatic rings. The maximum atomic E-state index is 14.5. The van der Waals surface area contributed by atoms with E-state index in [0.29, 0.717) is 42.0 Å². The lowest BCUT2D eigenvalue weighted by Crippen LogP contribution is -2.67. The molecule has 5 aliphatic rings. The lowest BCUT2D eigenvalue weighted by molar-refractivity contribution is -0.246. The van der Waals surface area contributed by atoms with Crippen LogP contribution in [0.1, 0.15) is 172 Å². The molecule has 0 saturated heterocycles. The monoisotopic (exact) mass is 754 g/mol. The highest BCUT2D eigenvalue weighted by molar-refractivity contribution is 5.85. The van der Waals surface area contributed by atoms with Crippen LogP contribution < -0.4 is 16.0 Å². The summed E-state index contributed by atoms with van der Waals surface area (Å²) in [6.07, 6.45) is 16.6. The highest BCUT2D eigenvalue weighted by atomic mass is 16.6. The number of amides is 3. The van der Waals surface area contributed by atoms with Crippen molar-refractivity contribution in [2.75, 3.05) is 13.1 Å². The summed E-state index contributed by atoms with van der Waals surface area (Å²) in [6, 6.07) is -0.647. The van der Waals surface area contributed by atoms with Gasteiger partial charge in [-0.1, -0.05) is 72.5 Å². The predicted molar refractivity (Wildman–Crippen MR) is 218 cm³/mol. The number of hydrogen-bond donors (Lipinski definition) is 4. The van der Waals surface area contributed by atoms with Crippen LogP contribution in [-0.4, -0.2) is 53.9 Å². The number of allylic oxidation sites excluding steroid dienone is 1. The van der Waals surface area contributed by atoms with Crippen LogP contribution >= 0.6 is 0 Å². The lowest BCUT2D eigenvalue weighted by atomic mass is 9.32. The van der Waals surface area contributed by atoms with Crippen molar-refractivity contribution >= 4 is 17.9 Å². The number of rotatable bonds is 13. The molecule has 308 valence electrons. The third-order valence-corrected chi connectivity index (χ3v) is 16.8. The number of carbonyl (C=O) groups excluding carboxylic acids is 3. The smallest absolute Gasteiger partial charge is 0.408 e. The Hall–Kier alpha value is -2.09. The Morgan fingerprint density at radius 3 is 2.04 bits per heavy atom. The van der Waals surface area contributed by atoms with E-state index in [9.17, 15) is 19.5 Å². The predicted octanol–water partition coefficient (Wildman–Crippen LogP) is 9.49. The molecule has 0 bridgehead atoms. The van der Waals surface area contributed by atoms with Gasteiger partial charge >= 0.3 is 6.09 Å². The summed E-state index contributed by atoms with van der Waals surface area (Å²) in [5.74, 6) is 2.68. The molecule has 5 rings (SSSR count). The Balaban J connectivity index is 1.10. The number of alkyl carbamates (subject to hydrolysis) is 1. The van der Waals surface area contributed by atoms with Crippen molar-refractivity contribution in [1.29, 1.82) is 0 Å². The topological polar surface area (TPSA) is 117 Å². The lowest BCUT2D eigenvalue weighted by Gasteiger charge is -2.72. The van der Waals surface area contributed by atoms with E-state index in [2.05, 4.69) is 64.1 Å². The van der Waals surface area contributed by atoms with Gasteiger partial charge in [-0.25, -0.2) is 4.79 Å². The van der Waals surface area contributed by atoms with Crippen LogP contribution in [0.5, 0.6) is 0 Å². The van der Waals surface area contributed by atoms with Gasteiger partial charge in [-0.2, -0.15) is 0 Å². The Bertz CT molecular complexity index is 1390. The Kier molecular flexibility index (Phi) is 12.8. The van der Waals surface area contributed by atoms with E-state index < -0.39 is 17.7 Å². The van der Waals surface area contributed by atoms with Crippen LogP contribution in [0, 0.1) is 56.7 Å². The summed E-state index contributed by atoms with van der Waals surface area (Å²) in [5.41, 5.74) is 1.06. The van der Waals surface area contributed by atoms with E-state index >= 15 is 0 Å². The number of hydrogen-bond acceptors (Lipinski definition) is 5. The summed E-state index contributed by atoms with van der Waals surface area (Å²) >= 11 is 0. The number of unbranched alkanes of at least 4 members (excludes halogenated alkanes) is 5. The SMILES string of the molecule is C=C(C)[C@@H]1CC[C@]2(C(=O)NCCCCCCCCNC(=O)[C@H](C)NC(=O)OC(C)(C)C)CC[C@]3(C)[C@H](CC[C@@H]4[C@@]5(C)CC[C@H](O)C(C)(C)[C@@H]5CC[C@]43C)[C@@H]12. The van der Waals surface area contributed by atoms with Crippen molar-refractivity contribution < 1.29 is 24.2 Å². The normalized spacial score (nSPS) is 38.8. The number of nitrogens with one attached hydrogen (secondary N) is 3. The number of ether oxygens (including phenoxy) is 1. The third kappa shape index (κ3) is 7.90. The first kappa shape index (κ1) is 43.0. The van der Waals surface area contributed by atoms with Gasteiger partial charge in [0.05, 0.1) is 11.5 Å². The van der Waals surface area contributed by atoms with Gasteiger partial charge in [-0.15, -0.1) is 0 Å². The zero-order valence-electron chi connectivity index (χ0n) is 36.1. The molecule has 0 aliphatic heterocycles. The quantitative estimate of drug-likeness (QED) is 0.111. The minimum Gasteiger partial charge on any atom is -0.444 e. The molecule has 8 nitrogen and oxygen atoms in total. The van der Waals surface area contributed by atoms with Crippen molar-refractivity contribution in [3.63, 3.8) is 0 Å². The average Bonchev–Trinajstić information content (AvgIpc) is 3.48. The van der Waals surface area contributed by atoms with Gasteiger partial charge in [0.1, 0.15) is 11.6 Å². The van der Waals surface area contributed by atoms with Crippen molar-refractivity contribution in [3.8, 4) is 0 Å². The summed E-state index contributed by atoms with van der Waals surface area (Å²) in [4.78, 5) is 38.7. The Labute approximate surface area is 328 Å². The van der Waals surface area contributed by atoms with Crippen molar-refractivity contribution in [3.05, 3.63) is 12.2 Å². The molecule has 0 aromatic heterocycles. The molecule has 0 aromatic carbocycles. The van der Waals surface area contributed by atoms with E-state index in [1.165, 1.54) is 31.3 Å². The Morgan fingerprint density at radius 1 is 0.778 bits per heavy atom. The molecular formula is C46H79N3O5. The largest absolute Gasteiger partial charge is 0.444 e. The number of fused-ring (bicyclic) bond motifs is 7. The molecule has 3 amide bonds. The van der Waals surface area contributed by atoms with E-state index in [1.807, 2.05) is 0 Å². The van der Waals surface area contributed by atoms with E-state index in [1.54, 1.807) is 27.7 Å². The molecule has 0 spiro atoms. The molecule has 4 N–H and O–H groups in total. The fourth-order valence-electron chi connectivity index (χ4n) is 13.8. The van der Waals surface area contributed by atoms with Gasteiger partial charge in [0.2, 0.25) is 11.8 Å². The van der Waals surface area contributed by atoms with Crippen molar-refractivity contribution in [2.45, 2.75) is 190 Å². The maximum Gasteiger partial charge on any atom is 0.408 e. The van der Waals surface area contributed by atoms with Gasteiger partial charge in [-0.3, -0.25) is 9.59 Å². The summed E-state index contributed by atoms with van der Waals surface area (Å²) < 4.78 is 5.23. The molecule has 11 atom stereocenters. The second-order valence-corrected chi connectivity index (χ2v) is 21.3. The van der Waals surface area contributed by atoms with Crippen LogP contribution in [0.3, 0.4) is 0 Å². The van der Waals surface area contributed by atoms with Crippen LogP contribution in [0.15, 0.2) is 12.2 Å². The first-order chi connectivity index (χ1) is 25.1. The van der Waals surface area contributed by atoms with Gasteiger partial charge < -0.3 is 25.8 Å². The minimum absolute atomic E-state index is 0.0367. The first-order valence-corrected chi connectivity index (χ1v) is 22.0. The summed E-state index contributed by atoms with van der Waals surface area (Å²) in [5, 5.41) is 20.1. The summed E-state index contributed by atoms with van der Waals surface area (Å²) in [7, 11) is 0. The van der Waals surface area contributed by atoms with Crippen LogP contribution in [-0.2, 0) is 14.3 Å². The fourth-order valence-corrected chi connectivity index (χ4v) is 13.8. The second-order valence-electron chi connectivity index (χ2n) is 21.3. The second kappa shape index (κ2) is 16.0. The molecule has 0 radical (unpaired) electrons. The zero-order chi connectivity index (χ0) is 39.9. The summed E-state index contributed by atoms with van der Waals surface area (Å²) in [6.45, 7) is 27.7. The van der Waals surface area contributed by atoms with Crippen LogP contribution in [0.2, 0.25) is 0 Å². The van der Waals surface area contributed by atoms with Crippen LogP contribution in [0.4, 0.5) is 4.79 Å². The molecule has 5 fully saturated rings. The van der Waals surface area contributed by atoms with Gasteiger partial charge in [0.25, 0.3) is 0 Å². The van der Waals surface area contributed by atoms with Gasteiger partial charge in [0.15, 0.2) is 0 Å². The van der Waals surface area contributed by atoms with Crippen molar-refractivity contribution in [2.24, 2.45) is 56.7 Å². The minimum atomic E-state index is -0.647. The average molecular weight is 754 g/mol. The highest BCUT2D eigenvalue weighted by Crippen LogP contribution is 2.77.